The fourth-order valence-electron chi connectivity index (χ4n) is 4.02. The van der Waals surface area contributed by atoms with Crippen LogP contribution in [0.2, 0.25) is 0 Å². The Labute approximate surface area is 213 Å². The van der Waals surface area contributed by atoms with Crippen LogP contribution in [-0.2, 0) is 17.6 Å². The number of pyridine rings is 1. The molecule has 5 rings (SSSR count). The first-order chi connectivity index (χ1) is 17.6. The van der Waals surface area contributed by atoms with Gasteiger partial charge in [0.1, 0.15) is 0 Å². The number of amides is 1. The topological polar surface area (TPSA) is 73.3 Å². The summed E-state index contributed by atoms with van der Waals surface area (Å²) in [7, 11) is 1.59. The molecule has 0 bridgehead atoms. The first-order valence-electron chi connectivity index (χ1n) is 11.6. The molecule has 7 heteroatoms. The number of methoxy groups -OCH3 is 1. The Hall–Kier alpha value is -4.23. The molecule has 2 aromatic heterocycles. The number of thiazole rings is 1. The molecule has 0 spiro atoms. The average Bonchev–Trinajstić information content (AvgIpc) is 3.23. The number of carbonyl (C=O) groups excluding carboxylic acids is 1. The van der Waals surface area contributed by atoms with Gasteiger partial charge in [0, 0.05) is 17.4 Å². The number of aromatic nitrogens is 2. The van der Waals surface area contributed by atoms with Crippen LogP contribution in [0.3, 0.4) is 0 Å². The summed E-state index contributed by atoms with van der Waals surface area (Å²) in [5.41, 5.74) is 2.73. The zero-order valence-corrected chi connectivity index (χ0v) is 20.8. The summed E-state index contributed by atoms with van der Waals surface area (Å²) in [4.78, 5) is 22.7. The molecule has 0 saturated heterocycles. The lowest BCUT2D eigenvalue weighted by Gasteiger charge is -2.10. The minimum Gasteiger partial charge on any atom is -0.493 e. The minimum absolute atomic E-state index is 0.112. The van der Waals surface area contributed by atoms with Crippen molar-refractivity contribution in [3.8, 4) is 17.4 Å². The van der Waals surface area contributed by atoms with Crippen LogP contribution in [0.1, 0.15) is 21.1 Å². The Morgan fingerprint density at radius 1 is 0.944 bits per heavy atom. The summed E-state index contributed by atoms with van der Waals surface area (Å²) in [5, 5.41) is 6.37. The van der Waals surface area contributed by atoms with Crippen LogP contribution in [0.5, 0.6) is 17.4 Å². The maximum atomic E-state index is 12.7. The summed E-state index contributed by atoms with van der Waals surface area (Å²) < 4.78 is 11.1. The summed E-state index contributed by atoms with van der Waals surface area (Å²) in [5.74, 6) is 1.49. The zero-order valence-electron chi connectivity index (χ0n) is 20.0. The van der Waals surface area contributed by atoms with E-state index in [0.717, 1.165) is 22.0 Å². The molecule has 1 amide bonds. The van der Waals surface area contributed by atoms with Gasteiger partial charge in [-0.15, -0.1) is 11.3 Å². The molecule has 0 fully saturated rings. The molecule has 1 N–H and O–H groups in total. The number of nitrogens with zero attached hydrogens (tertiary/aromatic N) is 2. The van der Waals surface area contributed by atoms with Crippen LogP contribution in [0, 0.1) is 6.92 Å². The average molecular weight is 496 g/mol. The Morgan fingerprint density at radius 3 is 2.53 bits per heavy atom. The van der Waals surface area contributed by atoms with Gasteiger partial charge in [-0.25, -0.2) is 9.97 Å². The number of ether oxygens (including phenoxy) is 2. The van der Waals surface area contributed by atoms with Gasteiger partial charge in [-0.3, -0.25) is 4.79 Å². The van der Waals surface area contributed by atoms with Crippen LogP contribution in [-0.4, -0.2) is 23.0 Å². The molecule has 3 aromatic carbocycles. The highest BCUT2D eigenvalue weighted by Crippen LogP contribution is 2.30. The van der Waals surface area contributed by atoms with Gasteiger partial charge in [-0.1, -0.05) is 54.6 Å². The predicted molar refractivity (Wildman–Crippen MR) is 143 cm³/mol. The molecule has 5 aromatic rings. The minimum atomic E-state index is -0.112. The van der Waals surface area contributed by atoms with Crippen LogP contribution in [0.4, 0.5) is 5.69 Å². The molecule has 0 aliphatic carbocycles. The molecule has 0 atom stereocenters. The van der Waals surface area contributed by atoms with E-state index in [4.69, 9.17) is 14.5 Å². The largest absolute Gasteiger partial charge is 0.493 e. The lowest BCUT2D eigenvalue weighted by atomic mass is 10.0. The van der Waals surface area contributed by atoms with Crippen LogP contribution in [0.15, 0.2) is 85.1 Å². The van der Waals surface area contributed by atoms with Crippen molar-refractivity contribution in [3.05, 3.63) is 106 Å². The van der Waals surface area contributed by atoms with Crippen molar-refractivity contribution >= 4 is 33.7 Å². The molecule has 0 aliphatic heterocycles. The van der Waals surface area contributed by atoms with Crippen molar-refractivity contribution in [2.45, 2.75) is 19.8 Å². The molecule has 0 unspecified atom stereocenters. The monoisotopic (exact) mass is 495 g/mol. The van der Waals surface area contributed by atoms with Crippen LogP contribution >= 0.6 is 11.3 Å². The summed E-state index contributed by atoms with van der Waals surface area (Å²) in [6.45, 7) is 1.96. The molecule has 0 radical (unpaired) electrons. The molecular formula is C29H25N3O3S. The second-order valence-electron chi connectivity index (χ2n) is 8.29. The SMILES string of the molecule is COc1ccccc1Oc1ccc(NC(=O)Cc2sc(Cc3cccc4ccccc34)nc2C)cn1. The highest BCUT2D eigenvalue weighted by Gasteiger charge is 2.14. The fourth-order valence-corrected chi connectivity index (χ4v) is 5.11. The molecular weight excluding hydrogens is 470 g/mol. The second kappa shape index (κ2) is 10.6. The predicted octanol–water partition coefficient (Wildman–Crippen LogP) is 6.57. The van der Waals surface area contributed by atoms with Gasteiger partial charge in [0.05, 0.1) is 36.1 Å². The van der Waals surface area contributed by atoms with Crippen LogP contribution in [0.25, 0.3) is 10.8 Å². The first-order valence-corrected chi connectivity index (χ1v) is 12.4. The maximum absolute atomic E-state index is 12.7. The number of para-hydroxylation sites is 2. The number of hydrogen-bond donors (Lipinski definition) is 1. The van der Waals surface area contributed by atoms with E-state index >= 15 is 0 Å². The third-order valence-electron chi connectivity index (χ3n) is 5.78. The number of aryl methyl sites for hydroxylation is 1. The van der Waals surface area contributed by atoms with E-state index in [1.165, 1.54) is 16.3 Å². The van der Waals surface area contributed by atoms with Gasteiger partial charge in [0.25, 0.3) is 0 Å². The van der Waals surface area contributed by atoms with E-state index < -0.39 is 0 Å². The quantitative estimate of drug-likeness (QED) is 0.263. The first kappa shape index (κ1) is 23.5. The molecule has 2 heterocycles. The number of carbonyl (C=O) groups is 1. The van der Waals surface area contributed by atoms with E-state index in [-0.39, 0.29) is 12.3 Å². The number of fused-ring (bicyclic) bond motifs is 1. The third-order valence-corrected chi connectivity index (χ3v) is 6.94. The van der Waals surface area contributed by atoms with Crippen molar-refractivity contribution in [2.24, 2.45) is 0 Å². The number of nitrogens with one attached hydrogen (secondary N) is 1. The van der Waals surface area contributed by atoms with E-state index in [2.05, 4.69) is 46.7 Å². The standard InChI is InChI=1S/C29H25N3O3S/c1-19-26(36-29(31-19)16-21-10-7-9-20-8-3-4-11-23(20)21)17-27(33)32-22-14-15-28(30-18-22)35-25-13-6-5-12-24(25)34-2/h3-15,18H,16-17H2,1-2H3,(H,32,33). The number of anilines is 1. The van der Waals surface area contributed by atoms with E-state index in [9.17, 15) is 4.79 Å². The lowest BCUT2D eigenvalue weighted by Crippen LogP contribution is -2.14. The Morgan fingerprint density at radius 2 is 1.72 bits per heavy atom. The van der Waals surface area contributed by atoms with E-state index in [0.29, 0.717) is 23.1 Å². The Bertz CT molecular complexity index is 1510. The van der Waals surface area contributed by atoms with Crippen molar-refractivity contribution in [1.29, 1.82) is 0 Å². The molecule has 36 heavy (non-hydrogen) atoms. The Kier molecular flexibility index (Phi) is 6.91. The van der Waals surface area contributed by atoms with Gasteiger partial charge >= 0.3 is 0 Å². The third kappa shape index (κ3) is 5.37. The molecule has 0 aliphatic rings. The van der Waals surface area contributed by atoms with Gasteiger partial charge < -0.3 is 14.8 Å². The second-order valence-corrected chi connectivity index (χ2v) is 9.46. The Balaban J connectivity index is 1.22. The van der Waals surface area contributed by atoms with Crippen molar-refractivity contribution in [3.63, 3.8) is 0 Å². The van der Waals surface area contributed by atoms with Crippen molar-refractivity contribution in [2.75, 3.05) is 12.4 Å². The normalized spacial score (nSPS) is 10.8. The van der Waals surface area contributed by atoms with Gasteiger partial charge in [0.15, 0.2) is 11.5 Å². The smallest absolute Gasteiger partial charge is 0.229 e. The summed E-state index contributed by atoms with van der Waals surface area (Å²) in [6, 6.07) is 25.5. The van der Waals surface area contributed by atoms with Crippen LogP contribution < -0.4 is 14.8 Å². The number of hydrogen-bond acceptors (Lipinski definition) is 6. The van der Waals surface area contributed by atoms with E-state index in [1.54, 1.807) is 36.8 Å². The summed E-state index contributed by atoms with van der Waals surface area (Å²) >= 11 is 1.59. The highest BCUT2D eigenvalue weighted by molar-refractivity contribution is 7.11. The van der Waals surface area contributed by atoms with Gasteiger partial charge in [0.2, 0.25) is 11.8 Å². The zero-order chi connectivity index (χ0) is 24.9. The lowest BCUT2D eigenvalue weighted by molar-refractivity contribution is -0.115. The van der Waals surface area contributed by atoms with Gasteiger partial charge in [-0.2, -0.15) is 0 Å². The van der Waals surface area contributed by atoms with Gasteiger partial charge in [-0.05, 0) is 41.5 Å². The van der Waals surface area contributed by atoms with Crippen molar-refractivity contribution in [1.82, 2.24) is 9.97 Å². The number of benzene rings is 3. The maximum Gasteiger partial charge on any atom is 0.229 e. The van der Waals surface area contributed by atoms with Crippen molar-refractivity contribution < 1.29 is 14.3 Å². The molecule has 0 saturated carbocycles. The highest BCUT2D eigenvalue weighted by atomic mass is 32.1. The molecule has 6 nitrogen and oxygen atoms in total. The molecule has 180 valence electrons. The summed E-state index contributed by atoms with van der Waals surface area (Å²) in [6.07, 6.45) is 2.58. The fraction of sp³-hybridized carbons (Fsp3) is 0.138. The number of rotatable bonds is 8. The van der Waals surface area contributed by atoms with E-state index in [1.807, 2.05) is 37.3 Å².